The maximum Gasteiger partial charge on any atom is 0.0543 e. The van der Waals surface area contributed by atoms with Gasteiger partial charge in [0.25, 0.3) is 0 Å². The number of benzene rings is 7. The zero-order chi connectivity index (χ0) is 35.3. The van der Waals surface area contributed by atoms with Crippen LogP contribution in [0.2, 0.25) is 0 Å². The summed E-state index contributed by atoms with van der Waals surface area (Å²) in [6, 6.07) is 57.5. The Labute approximate surface area is 316 Å². The molecule has 0 radical (unpaired) electrons. The van der Waals surface area contributed by atoms with Crippen LogP contribution in [0, 0.1) is 23.7 Å². The van der Waals surface area contributed by atoms with Gasteiger partial charge in [-0.15, -0.1) is 11.3 Å². The van der Waals surface area contributed by atoms with Crippen LogP contribution in [0.3, 0.4) is 0 Å². The van der Waals surface area contributed by atoms with Gasteiger partial charge in [0.2, 0.25) is 0 Å². The molecule has 3 aliphatic carbocycles. The Kier molecular flexibility index (Phi) is 7.05. The number of fused-ring (bicyclic) bond motifs is 12. The van der Waals surface area contributed by atoms with Crippen LogP contribution in [-0.2, 0) is 5.41 Å². The molecule has 0 N–H and O–H groups in total. The molecule has 7 aromatic carbocycles. The van der Waals surface area contributed by atoms with Crippen LogP contribution < -0.4 is 4.90 Å². The van der Waals surface area contributed by atoms with E-state index in [0.717, 1.165) is 11.8 Å². The van der Waals surface area contributed by atoms with Crippen molar-refractivity contribution in [2.45, 2.75) is 44.9 Å². The molecule has 2 bridgehead atoms. The largest absolute Gasteiger partial charge is 0.310 e. The molecule has 2 saturated carbocycles. The normalized spacial score (nSPS) is 23.1. The van der Waals surface area contributed by atoms with Crippen LogP contribution in [0.15, 0.2) is 152 Å². The second-order valence-electron chi connectivity index (χ2n) is 16.3. The van der Waals surface area contributed by atoms with E-state index in [0.29, 0.717) is 11.8 Å². The summed E-state index contributed by atoms with van der Waals surface area (Å²) in [5, 5.41) is 5.20. The fourth-order valence-electron chi connectivity index (χ4n) is 11.5. The molecule has 53 heavy (non-hydrogen) atoms. The van der Waals surface area contributed by atoms with E-state index in [1.807, 2.05) is 11.3 Å². The molecule has 1 nitrogen and oxygen atoms in total. The first kappa shape index (κ1) is 31.4. The van der Waals surface area contributed by atoms with Crippen LogP contribution in [0.5, 0.6) is 0 Å². The zero-order valence-electron chi connectivity index (χ0n) is 30.4. The van der Waals surface area contributed by atoms with Gasteiger partial charge in [-0.1, -0.05) is 129 Å². The van der Waals surface area contributed by atoms with E-state index in [1.165, 1.54) is 95.9 Å². The lowest BCUT2D eigenvalue weighted by Gasteiger charge is -2.54. The lowest BCUT2D eigenvalue weighted by atomic mass is 9.49. The molecular formula is C51H43NS. The van der Waals surface area contributed by atoms with Crippen molar-refractivity contribution in [2.24, 2.45) is 23.7 Å². The minimum Gasteiger partial charge on any atom is -0.310 e. The van der Waals surface area contributed by atoms with E-state index < -0.39 is 0 Å². The van der Waals surface area contributed by atoms with E-state index in [4.69, 9.17) is 0 Å². The molecule has 8 aromatic rings. The van der Waals surface area contributed by atoms with Gasteiger partial charge >= 0.3 is 0 Å². The average Bonchev–Trinajstić information content (AvgIpc) is 3.72. The van der Waals surface area contributed by atoms with E-state index in [1.54, 1.807) is 11.1 Å². The van der Waals surface area contributed by atoms with Gasteiger partial charge in [-0.2, -0.15) is 0 Å². The van der Waals surface area contributed by atoms with Gasteiger partial charge in [-0.25, -0.2) is 0 Å². The third-order valence-electron chi connectivity index (χ3n) is 13.3. The molecule has 1 unspecified atom stereocenters. The number of thiophene rings is 1. The summed E-state index contributed by atoms with van der Waals surface area (Å²) >= 11 is 1.91. The summed E-state index contributed by atoms with van der Waals surface area (Å²) in [6.45, 7) is 5.08. The van der Waals surface area contributed by atoms with Crippen molar-refractivity contribution >= 4 is 59.3 Å². The first-order valence-electron chi connectivity index (χ1n) is 19.6. The fraction of sp³-hybridized carbons (Fsp3) is 0.216. The maximum atomic E-state index is 2.58. The van der Waals surface area contributed by atoms with Crippen molar-refractivity contribution in [2.75, 3.05) is 4.90 Å². The Balaban J connectivity index is 1.15. The van der Waals surface area contributed by atoms with Crippen LogP contribution in [-0.4, -0.2) is 0 Å². The first-order valence-corrected chi connectivity index (χ1v) is 20.4. The van der Waals surface area contributed by atoms with Crippen molar-refractivity contribution in [1.29, 1.82) is 0 Å². The highest BCUT2D eigenvalue weighted by Gasteiger charge is 2.57. The minimum atomic E-state index is 0.0425. The fourth-order valence-corrected chi connectivity index (χ4v) is 12.7. The average molecular weight is 702 g/mol. The van der Waals surface area contributed by atoms with Gasteiger partial charge in [0, 0.05) is 42.5 Å². The molecule has 258 valence electrons. The van der Waals surface area contributed by atoms with Crippen LogP contribution in [0.25, 0.3) is 53.2 Å². The molecule has 0 aliphatic heterocycles. The molecule has 1 aromatic heterocycles. The van der Waals surface area contributed by atoms with Gasteiger partial charge < -0.3 is 4.90 Å². The Morgan fingerprint density at radius 1 is 0.566 bits per heavy atom. The minimum absolute atomic E-state index is 0.0425. The third kappa shape index (κ3) is 4.61. The standard InChI is InChI=1S/C51H43NS/c1-32-26-34-28-33(2)51(38(27-32)29-34)45-20-7-5-17-44(45)49-46(51)21-11-22-47(49)52(40-25-24-35-12-3-4-13-36(35)30-40)39-15-9-14-37(31-39)41-18-10-19-43-42-16-6-8-23-48(42)53-50(41)43/h3-25,30-34,38H,26-29H2,1-2H3/t32-,33+,34-,38-,51?/m0/s1. The highest BCUT2D eigenvalue weighted by Crippen LogP contribution is 2.66. The van der Waals surface area contributed by atoms with E-state index >= 15 is 0 Å². The summed E-state index contributed by atoms with van der Waals surface area (Å²) in [5.74, 6) is 2.89. The number of anilines is 3. The smallest absolute Gasteiger partial charge is 0.0543 e. The second-order valence-corrected chi connectivity index (χ2v) is 17.4. The molecule has 2 heteroatoms. The summed E-state index contributed by atoms with van der Waals surface area (Å²) < 4.78 is 2.69. The molecule has 0 saturated heterocycles. The lowest BCUT2D eigenvalue weighted by molar-refractivity contribution is 0.0426. The summed E-state index contributed by atoms with van der Waals surface area (Å²) in [6.07, 6.45) is 5.39. The molecule has 11 rings (SSSR count). The van der Waals surface area contributed by atoms with Crippen LogP contribution >= 0.6 is 11.3 Å². The summed E-state index contributed by atoms with van der Waals surface area (Å²) in [4.78, 5) is 2.56. The quantitative estimate of drug-likeness (QED) is 0.177. The third-order valence-corrected chi connectivity index (χ3v) is 14.6. The highest BCUT2D eigenvalue weighted by molar-refractivity contribution is 7.26. The molecule has 2 fully saturated rings. The van der Waals surface area contributed by atoms with Crippen LogP contribution in [0.1, 0.15) is 50.7 Å². The molecule has 3 aliphatic rings. The predicted molar refractivity (Wildman–Crippen MR) is 227 cm³/mol. The molecular weight excluding hydrogens is 659 g/mol. The van der Waals surface area contributed by atoms with Crippen molar-refractivity contribution in [3.63, 3.8) is 0 Å². The number of hydrogen-bond acceptors (Lipinski definition) is 2. The molecule has 0 amide bonds. The van der Waals surface area contributed by atoms with Crippen molar-refractivity contribution in [1.82, 2.24) is 0 Å². The Morgan fingerprint density at radius 3 is 2.25 bits per heavy atom. The van der Waals surface area contributed by atoms with Gasteiger partial charge in [0.1, 0.15) is 0 Å². The SMILES string of the molecule is C[C@H]1C[C@@H]2C[C@H](C1)C1(c3ccccc3-c3c(N(c4cccc(-c5cccc6c5sc5ccccc56)c4)c4ccc5ccccc5c4)cccc31)[C@H](C)C2. The topological polar surface area (TPSA) is 3.24 Å². The lowest BCUT2D eigenvalue weighted by Crippen LogP contribution is -2.49. The molecule has 1 spiro atoms. The Hall–Kier alpha value is -5.18. The summed E-state index contributed by atoms with van der Waals surface area (Å²) in [5.41, 5.74) is 12.2. The molecule has 1 heterocycles. The van der Waals surface area contributed by atoms with Crippen LogP contribution in [0.4, 0.5) is 17.1 Å². The van der Waals surface area contributed by atoms with E-state index in [-0.39, 0.29) is 5.41 Å². The van der Waals surface area contributed by atoms with Crippen molar-refractivity contribution < 1.29 is 0 Å². The van der Waals surface area contributed by atoms with Gasteiger partial charge in [-0.3, -0.25) is 0 Å². The number of rotatable bonds is 4. The monoisotopic (exact) mass is 701 g/mol. The Bertz CT molecular complexity index is 2710. The van der Waals surface area contributed by atoms with Gasteiger partial charge in [0.05, 0.1) is 5.69 Å². The molecule has 5 atom stereocenters. The Morgan fingerprint density at radius 2 is 1.30 bits per heavy atom. The predicted octanol–water partition coefficient (Wildman–Crippen LogP) is 14.7. The summed E-state index contributed by atoms with van der Waals surface area (Å²) in [7, 11) is 0. The first-order chi connectivity index (χ1) is 26.1. The van der Waals surface area contributed by atoms with Gasteiger partial charge in [0.15, 0.2) is 0 Å². The zero-order valence-corrected chi connectivity index (χ0v) is 31.2. The number of hydrogen-bond donors (Lipinski definition) is 0. The van der Waals surface area contributed by atoms with Crippen molar-refractivity contribution in [3.8, 4) is 22.3 Å². The second kappa shape index (κ2) is 11.9. The highest BCUT2D eigenvalue weighted by atomic mass is 32.1. The van der Waals surface area contributed by atoms with E-state index in [9.17, 15) is 0 Å². The number of nitrogens with zero attached hydrogens (tertiary/aromatic N) is 1. The van der Waals surface area contributed by atoms with E-state index in [2.05, 4.69) is 170 Å². The maximum absolute atomic E-state index is 2.58. The van der Waals surface area contributed by atoms with Gasteiger partial charge in [-0.05, 0) is 124 Å². The van der Waals surface area contributed by atoms with Crippen molar-refractivity contribution in [3.05, 3.63) is 163 Å².